The molecule has 0 unspecified atom stereocenters. The van der Waals surface area contributed by atoms with E-state index in [4.69, 9.17) is 4.74 Å². The van der Waals surface area contributed by atoms with Crippen molar-refractivity contribution >= 4 is 23.4 Å². The first-order chi connectivity index (χ1) is 13.8. The lowest BCUT2D eigenvalue weighted by atomic mass is 10.0. The van der Waals surface area contributed by atoms with Gasteiger partial charge in [0.15, 0.2) is 0 Å². The minimum absolute atomic E-state index is 0.313. The summed E-state index contributed by atoms with van der Waals surface area (Å²) in [5.41, 5.74) is 2.63. The molecule has 7 nitrogen and oxygen atoms in total. The Bertz CT molecular complexity index is 997. The average Bonchev–Trinajstić information content (AvgIpc) is 2.69. The zero-order valence-corrected chi connectivity index (χ0v) is 16.5. The molecule has 0 saturated carbocycles. The summed E-state index contributed by atoms with van der Waals surface area (Å²) < 4.78 is 5.25. The van der Waals surface area contributed by atoms with Crippen molar-refractivity contribution in [3.63, 3.8) is 0 Å². The van der Waals surface area contributed by atoms with Crippen LogP contribution in [0.2, 0.25) is 0 Å². The third-order valence-electron chi connectivity index (χ3n) is 3.87. The molecule has 2 N–H and O–H groups in total. The maximum Gasteiger partial charge on any atom is 0.412 e. The fourth-order valence-electron chi connectivity index (χ4n) is 2.57. The van der Waals surface area contributed by atoms with Crippen molar-refractivity contribution < 1.29 is 14.3 Å². The van der Waals surface area contributed by atoms with Gasteiger partial charge < -0.3 is 10.1 Å². The highest BCUT2D eigenvalue weighted by molar-refractivity contribution is 6.06. The Morgan fingerprint density at radius 3 is 2.07 bits per heavy atom. The van der Waals surface area contributed by atoms with Gasteiger partial charge in [0.25, 0.3) is 5.91 Å². The van der Waals surface area contributed by atoms with Crippen LogP contribution in [0.5, 0.6) is 0 Å². The number of aromatic nitrogens is 2. The maximum absolute atomic E-state index is 12.6. The summed E-state index contributed by atoms with van der Waals surface area (Å²) in [7, 11) is 0. The number of nitrogens with zero attached hydrogens (tertiary/aromatic N) is 2. The first-order valence-electron chi connectivity index (χ1n) is 9.08. The number of anilines is 2. The van der Waals surface area contributed by atoms with E-state index in [0.717, 1.165) is 11.1 Å². The van der Waals surface area contributed by atoms with E-state index >= 15 is 0 Å². The molecule has 2 amide bonds. The Balaban J connectivity index is 1.72. The van der Waals surface area contributed by atoms with Crippen molar-refractivity contribution in [1.82, 2.24) is 9.97 Å². The van der Waals surface area contributed by atoms with Gasteiger partial charge in [-0.15, -0.1) is 0 Å². The third-order valence-corrected chi connectivity index (χ3v) is 3.87. The second-order valence-corrected chi connectivity index (χ2v) is 7.32. The molecular formula is C22H22N4O3. The first kappa shape index (κ1) is 20.0. The summed E-state index contributed by atoms with van der Waals surface area (Å²) in [6, 6.07) is 12.6. The van der Waals surface area contributed by atoms with Gasteiger partial charge in [-0.1, -0.05) is 12.1 Å². The lowest BCUT2D eigenvalue weighted by Crippen LogP contribution is -2.27. The van der Waals surface area contributed by atoms with E-state index in [1.165, 1.54) is 12.4 Å². The topological polar surface area (TPSA) is 93.2 Å². The maximum atomic E-state index is 12.6. The molecule has 2 aromatic heterocycles. The van der Waals surface area contributed by atoms with Gasteiger partial charge in [-0.3, -0.25) is 20.1 Å². The molecule has 0 atom stereocenters. The summed E-state index contributed by atoms with van der Waals surface area (Å²) in [5, 5.41) is 5.41. The molecule has 0 aliphatic rings. The van der Waals surface area contributed by atoms with Crippen LogP contribution in [0, 0.1) is 0 Å². The number of carbonyl (C=O) groups excluding carboxylic acids is 2. The standard InChI is InChI=1S/C22H22N4O3/c1-22(2,3)29-21(28)26-18-10-13-24-14-19(18)25-20(27)17-6-4-15(5-7-17)16-8-11-23-12-9-16/h4-14H,1-3H3,(H,25,27)(H,24,26,28). The molecule has 0 radical (unpaired) electrons. The van der Waals surface area contributed by atoms with Crippen LogP contribution < -0.4 is 10.6 Å². The SMILES string of the molecule is CC(C)(C)OC(=O)Nc1ccncc1NC(=O)c1ccc(-c2ccncc2)cc1. The predicted molar refractivity (Wildman–Crippen MR) is 112 cm³/mol. The molecular weight excluding hydrogens is 368 g/mol. The van der Waals surface area contributed by atoms with Crippen molar-refractivity contribution in [2.75, 3.05) is 10.6 Å². The Kier molecular flexibility index (Phi) is 5.87. The molecule has 0 aliphatic heterocycles. The van der Waals surface area contributed by atoms with Crippen molar-refractivity contribution in [3.8, 4) is 11.1 Å². The summed E-state index contributed by atoms with van der Waals surface area (Å²) in [6.07, 6.45) is 5.82. The quantitative estimate of drug-likeness (QED) is 0.671. The zero-order chi connectivity index (χ0) is 20.9. The summed E-state index contributed by atoms with van der Waals surface area (Å²) in [6.45, 7) is 5.33. The molecule has 3 aromatic rings. The molecule has 148 valence electrons. The second-order valence-electron chi connectivity index (χ2n) is 7.32. The van der Waals surface area contributed by atoms with E-state index in [0.29, 0.717) is 16.9 Å². The Hall–Kier alpha value is -3.74. The van der Waals surface area contributed by atoms with Gasteiger partial charge in [0.1, 0.15) is 5.60 Å². The lowest BCUT2D eigenvalue weighted by Gasteiger charge is -2.20. The van der Waals surface area contributed by atoms with Gasteiger partial charge in [0.2, 0.25) is 0 Å². The van der Waals surface area contributed by atoms with E-state index in [1.807, 2.05) is 24.3 Å². The smallest absolute Gasteiger partial charge is 0.412 e. The zero-order valence-electron chi connectivity index (χ0n) is 16.5. The van der Waals surface area contributed by atoms with Crippen LogP contribution >= 0.6 is 0 Å². The first-order valence-corrected chi connectivity index (χ1v) is 9.08. The number of rotatable bonds is 4. The molecule has 0 spiro atoms. The number of amides is 2. The van der Waals surface area contributed by atoms with Crippen molar-refractivity contribution in [3.05, 3.63) is 72.8 Å². The van der Waals surface area contributed by atoms with Gasteiger partial charge in [0.05, 0.1) is 17.6 Å². The number of nitrogens with one attached hydrogen (secondary N) is 2. The average molecular weight is 390 g/mol. The summed E-state index contributed by atoms with van der Waals surface area (Å²) >= 11 is 0. The molecule has 2 heterocycles. The van der Waals surface area contributed by atoms with Crippen molar-refractivity contribution in [2.24, 2.45) is 0 Å². The number of hydrogen-bond acceptors (Lipinski definition) is 5. The van der Waals surface area contributed by atoms with Crippen LogP contribution in [-0.2, 0) is 4.74 Å². The number of benzene rings is 1. The van der Waals surface area contributed by atoms with Gasteiger partial charge >= 0.3 is 6.09 Å². The van der Waals surface area contributed by atoms with Gasteiger partial charge in [-0.05, 0) is 62.2 Å². The van der Waals surface area contributed by atoms with E-state index in [9.17, 15) is 9.59 Å². The van der Waals surface area contributed by atoms with E-state index in [2.05, 4.69) is 20.6 Å². The van der Waals surface area contributed by atoms with Crippen LogP contribution in [0.4, 0.5) is 16.2 Å². The van der Waals surface area contributed by atoms with Crippen LogP contribution in [0.15, 0.2) is 67.3 Å². The number of pyridine rings is 2. The number of carbonyl (C=O) groups is 2. The Morgan fingerprint density at radius 1 is 0.793 bits per heavy atom. The van der Waals surface area contributed by atoms with Crippen LogP contribution in [0.3, 0.4) is 0 Å². The largest absolute Gasteiger partial charge is 0.444 e. The normalized spacial score (nSPS) is 10.9. The highest BCUT2D eigenvalue weighted by Gasteiger charge is 2.18. The second kappa shape index (κ2) is 8.52. The molecule has 3 rings (SSSR count). The van der Waals surface area contributed by atoms with E-state index in [-0.39, 0.29) is 5.91 Å². The molecule has 1 aromatic carbocycles. The lowest BCUT2D eigenvalue weighted by molar-refractivity contribution is 0.0635. The fraction of sp³-hybridized carbons (Fsp3) is 0.182. The Labute approximate surface area is 169 Å². The van der Waals surface area contributed by atoms with E-state index in [1.54, 1.807) is 51.4 Å². The van der Waals surface area contributed by atoms with Crippen LogP contribution in [0.1, 0.15) is 31.1 Å². The predicted octanol–water partition coefficient (Wildman–Crippen LogP) is 4.74. The summed E-state index contributed by atoms with van der Waals surface area (Å²) in [4.78, 5) is 32.7. The molecule has 0 saturated heterocycles. The van der Waals surface area contributed by atoms with Crippen LogP contribution in [-0.4, -0.2) is 27.6 Å². The molecule has 0 fully saturated rings. The molecule has 0 aliphatic carbocycles. The van der Waals surface area contributed by atoms with Gasteiger partial charge in [0, 0.05) is 24.2 Å². The molecule has 0 bridgehead atoms. The highest BCUT2D eigenvalue weighted by atomic mass is 16.6. The third kappa shape index (κ3) is 5.62. The fourth-order valence-corrected chi connectivity index (χ4v) is 2.57. The van der Waals surface area contributed by atoms with E-state index < -0.39 is 11.7 Å². The highest BCUT2D eigenvalue weighted by Crippen LogP contribution is 2.23. The van der Waals surface area contributed by atoms with Crippen molar-refractivity contribution in [1.29, 1.82) is 0 Å². The summed E-state index contributed by atoms with van der Waals surface area (Å²) in [5.74, 6) is -0.313. The minimum atomic E-state index is -0.628. The Morgan fingerprint density at radius 2 is 1.41 bits per heavy atom. The van der Waals surface area contributed by atoms with Gasteiger partial charge in [-0.25, -0.2) is 4.79 Å². The number of ether oxygens (including phenoxy) is 1. The van der Waals surface area contributed by atoms with Crippen molar-refractivity contribution in [2.45, 2.75) is 26.4 Å². The minimum Gasteiger partial charge on any atom is -0.444 e. The number of hydrogen-bond donors (Lipinski definition) is 2. The molecule has 7 heteroatoms. The van der Waals surface area contributed by atoms with Gasteiger partial charge in [-0.2, -0.15) is 0 Å². The molecule has 29 heavy (non-hydrogen) atoms. The monoisotopic (exact) mass is 390 g/mol. The van der Waals surface area contributed by atoms with Crippen LogP contribution in [0.25, 0.3) is 11.1 Å².